The Morgan fingerprint density at radius 2 is 1.57 bits per heavy atom. The Morgan fingerprint density at radius 1 is 1.04 bits per heavy atom. The third-order valence-electron chi connectivity index (χ3n) is 3.01. The van der Waals surface area contributed by atoms with Crippen molar-refractivity contribution in [2.45, 2.75) is 17.9 Å². The van der Waals surface area contributed by atoms with Gasteiger partial charge < -0.3 is 5.11 Å². The van der Waals surface area contributed by atoms with Crippen LogP contribution in [-0.4, -0.2) is 31.4 Å². The summed E-state index contributed by atoms with van der Waals surface area (Å²) in [7, 11) is -3.85. The summed E-state index contributed by atoms with van der Waals surface area (Å²) in [6.07, 6.45) is 0. The van der Waals surface area contributed by atoms with Gasteiger partial charge in [0.05, 0.1) is 4.90 Å². The summed E-state index contributed by atoms with van der Waals surface area (Å²) in [4.78, 5) is 15.1. The van der Waals surface area contributed by atoms with Gasteiger partial charge in [0.2, 0.25) is 0 Å². The van der Waals surface area contributed by atoms with E-state index in [-0.39, 0.29) is 10.7 Å². The minimum atomic E-state index is -3.85. The molecule has 0 aliphatic rings. The molecule has 6 nitrogen and oxygen atoms in total. The fourth-order valence-corrected chi connectivity index (χ4v) is 2.85. The molecular weight excluding hydrogens is 316 g/mol. The highest BCUT2D eigenvalue weighted by Gasteiger charge is 2.19. The van der Waals surface area contributed by atoms with Crippen LogP contribution in [0.15, 0.2) is 70.6 Å². The molecule has 1 atom stereocenters. The molecule has 0 aliphatic carbocycles. The van der Waals surface area contributed by atoms with Crippen molar-refractivity contribution >= 4 is 21.8 Å². The zero-order valence-corrected chi connectivity index (χ0v) is 13.2. The Balaban J connectivity index is 2.41. The average Bonchev–Trinajstić information content (AvgIpc) is 2.55. The lowest BCUT2D eigenvalue weighted by Crippen LogP contribution is -2.33. The number of aliphatic imine (C=N–C) groups is 1. The maximum Gasteiger partial charge on any atom is 0.328 e. The number of carboxylic acid groups (broad SMARTS) is 1. The zero-order chi connectivity index (χ0) is 16.9. The zero-order valence-electron chi connectivity index (χ0n) is 12.4. The number of nitrogens with one attached hydrogen (secondary N) is 1. The second-order valence-electron chi connectivity index (χ2n) is 4.78. The first-order valence-corrected chi connectivity index (χ1v) is 8.32. The van der Waals surface area contributed by atoms with Crippen LogP contribution < -0.4 is 4.72 Å². The first-order valence-electron chi connectivity index (χ1n) is 6.84. The van der Waals surface area contributed by atoms with E-state index < -0.39 is 22.0 Å². The summed E-state index contributed by atoms with van der Waals surface area (Å²) in [6.45, 7) is 1.38. The number of hydrogen-bond acceptors (Lipinski definition) is 4. The highest BCUT2D eigenvalue weighted by Crippen LogP contribution is 2.10. The van der Waals surface area contributed by atoms with E-state index in [0.717, 1.165) is 0 Å². The minimum absolute atomic E-state index is 0.00986. The lowest BCUT2D eigenvalue weighted by molar-refractivity contribution is -0.137. The van der Waals surface area contributed by atoms with E-state index in [1.807, 2.05) is 0 Å². The highest BCUT2D eigenvalue weighted by atomic mass is 32.2. The van der Waals surface area contributed by atoms with Gasteiger partial charge in [-0.25, -0.2) is 13.2 Å². The molecule has 0 aliphatic heterocycles. The normalized spacial score (nSPS) is 13.3. The second kappa shape index (κ2) is 7.06. The van der Waals surface area contributed by atoms with Gasteiger partial charge in [0.15, 0.2) is 0 Å². The Morgan fingerprint density at radius 3 is 2.09 bits per heavy atom. The van der Waals surface area contributed by atoms with E-state index in [4.69, 9.17) is 5.11 Å². The van der Waals surface area contributed by atoms with Gasteiger partial charge in [-0.15, -0.1) is 0 Å². The molecule has 0 heterocycles. The van der Waals surface area contributed by atoms with Crippen molar-refractivity contribution in [3.05, 3.63) is 66.2 Å². The molecule has 0 radical (unpaired) electrons. The predicted octanol–water partition coefficient (Wildman–Crippen LogP) is 1.88. The first kappa shape index (κ1) is 16.7. The number of hydrogen-bond donors (Lipinski definition) is 2. The molecule has 2 aromatic carbocycles. The largest absolute Gasteiger partial charge is 0.480 e. The van der Waals surface area contributed by atoms with E-state index in [9.17, 15) is 13.2 Å². The van der Waals surface area contributed by atoms with Crippen LogP contribution in [0.25, 0.3) is 0 Å². The van der Waals surface area contributed by atoms with Crippen molar-refractivity contribution in [3.8, 4) is 0 Å². The van der Waals surface area contributed by atoms with Crippen molar-refractivity contribution in [2.24, 2.45) is 4.99 Å². The summed E-state index contributed by atoms with van der Waals surface area (Å²) in [5, 5.41) is 9.01. The van der Waals surface area contributed by atoms with Gasteiger partial charge in [-0.05, 0) is 19.1 Å². The highest BCUT2D eigenvalue weighted by molar-refractivity contribution is 7.90. The van der Waals surface area contributed by atoms with E-state index >= 15 is 0 Å². The number of carbonyl (C=O) groups is 1. The number of aliphatic carboxylic acids is 1. The molecule has 0 amide bonds. The number of nitrogens with zero attached hydrogens (tertiary/aromatic N) is 1. The molecule has 0 unspecified atom stereocenters. The second-order valence-corrected chi connectivity index (χ2v) is 6.46. The number of sulfonamides is 1. The molecule has 0 fully saturated rings. The molecule has 0 aromatic heterocycles. The average molecular weight is 332 g/mol. The molecule has 2 rings (SSSR count). The van der Waals surface area contributed by atoms with Crippen LogP contribution in [0.1, 0.15) is 12.5 Å². The Kier molecular flexibility index (Phi) is 5.13. The van der Waals surface area contributed by atoms with Crippen molar-refractivity contribution in [1.82, 2.24) is 4.72 Å². The molecule has 2 aromatic rings. The molecule has 0 spiro atoms. The predicted molar refractivity (Wildman–Crippen MR) is 86.8 cm³/mol. The van der Waals surface area contributed by atoms with Crippen molar-refractivity contribution in [2.75, 3.05) is 0 Å². The molecule has 0 bridgehead atoms. The van der Waals surface area contributed by atoms with E-state index in [1.54, 1.807) is 48.5 Å². The molecular formula is C16H16N2O4S. The number of amidine groups is 1. The van der Waals surface area contributed by atoms with Crippen molar-refractivity contribution in [3.63, 3.8) is 0 Å². The van der Waals surface area contributed by atoms with Gasteiger partial charge in [0.25, 0.3) is 10.0 Å². The summed E-state index contributed by atoms with van der Waals surface area (Å²) in [5.41, 5.74) is 0.486. The van der Waals surface area contributed by atoms with Crippen molar-refractivity contribution in [1.29, 1.82) is 0 Å². The molecule has 120 valence electrons. The summed E-state index contributed by atoms with van der Waals surface area (Å²) < 4.78 is 27.2. The number of benzene rings is 2. The van der Waals surface area contributed by atoms with Crippen LogP contribution in [0.5, 0.6) is 0 Å². The van der Waals surface area contributed by atoms with Gasteiger partial charge >= 0.3 is 5.97 Å². The lowest BCUT2D eigenvalue weighted by atomic mass is 10.2. The quantitative estimate of drug-likeness (QED) is 0.645. The summed E-state index contributed by atoms with van der Waals surface area (Å²) in [6, 6.07) is 15.2. The minimum Gasteiger partial charge on any atom is -0.480 e. The fraction of sp³-hybridized carbons (Fsp3) is 0.125. The van der Waals surface area contributed by atoms with Crippen LogP contribution in [0.3, 0.4) is 0 Å². The van der Waals surface area contributed by atoms with Crippen LogP contribution in [-0.2, 0) is 14.8 Å². The first-order chi connectivity index (χ1) is 10.9. The topological polar surface area (TPSA) is 95.8 Å². The van der Waals surface area contributed by atoms with Crippen LogP contribution in [0.4, 0.5) is 0 Å². The van der Waals surface area contributed by atoms with E-state index in [0.29, 0.717) is 5.56 Å². The standard InChI is InChI=1S/C16H16N2O4S/c1-12(16(19)20)17-15(13-8-4-2-5-9-13)18-23(21,22)14-10-6-3-7-11-14/h2-12H,1H3,(H,17,18)(H,19,20)/t12-/m0/s1. The van der Waals surface area contributed by atoms with Crippen LogP contribution in [0, 0.1) is 0 Å². The van der Waals surface area contributed by atoms with Crippen LogP contribution >= 0.6 is 0 Å². The Hall–Kier alpha value is -2.67. The van der Waals surface area contributed by atoms with Crippen molar-refractivity contribution < 1.29 is 18.3 Å². The third kappa shape index (κ3) is 4.40. The molecule has 0 saturated heterocycles. The van der Waals surface area contributed by atoms with Gasteiger partial charge in [0.1, 0.15) is 11.9 Å². The summed E-state index contributed by atoms with van der Waals surface area (Å²) in [5.74, 6) is -1.15. The number of rotatable bonds is 5. The van der Waals surface area contributed by atoms with E-state index in [2.05, 4.69) is 9.71 Å². The Bertz CT molecular complexity index is 802. The van der Waals surface area contributed by atoms with Gasteiger partial charge in [0, 0.05) is 5.56 Å². The Labute approximate surface area is 134 Å². The van der Waals surface area contributed by atoms with Gasteiger partial charge in [-0.1, -0.05) is 48.5 Å². The molecule has 0 saturated carbocycles. The molecule has 2 N–H and O–H groups in total. The lowest BCUT2D eigenvalue weighted by Gasteiger charge is -2.12. The van der Waals surface area contributed by atoms with E-state index in [1.165, 1.54) is 19.1 Å². The smallest absolute Gasteiger partial charge is 0.328 e. The maximum atomic E-state index is 12.4. The maximum absolute atomic E-state index is 12.4. The monoisotopic (exact) mass is 332 g/mol. The summed E-state index contributed by atoms with van der Waals surface area (Å²) >= 11 is 0. The number of carboxylic acids is 1. The fourth-order valence-electron chi connectivity index (χ4n) is 1.79. The molecule has 23 heavy (non-hydrogen) atoms. The third-order valence-corrected chi connectivity index (χ3v) is 4.37. The molecule has 7 heteroatoms. The van der Waals surface area contributed by atoms with Gasteiger partial charge in [-0.3, -0.25) is 9.71 Å². The SMILES string of the molecule is C[C@H](N=C(NS(=O)(=O)c1ccccc1)c1ccccc1)C(=O)O. The van der Waals surface area contributed by atoms with Gasteiger partial charge in [-0.2, -0.15) is 0 Å². The van der Waals surface area contributed by atoms with Crippen LogP contribution in [0.2, 0.25) is 0 Å².